The topological polar surface area (TPSA) is 143 Å². The smallest absolute Gasteiger partial charge is 0.251 e. The Morgan fingerprint density at radius 2 is 1.91 bits per heavy atom. The van der Waals surface area contributed by atoms with Gasteiger partial charge in [0.2, 0.25) is 11.9 Å². The van der Waals surface area contributed by atoms with Gasteiger partial charge in [-0.2, -0.15) is 4.98 Å². The van der Waals surface area contributed by atoms with E-state index in [0.29, 0.717) is 30.0 Å². The van der Waals surface area contributed by atoms with Crippen LogP contribution in [0.2, 0.25) is 0 Å². The van der Waals surface area contributed by atoms with Gasteiger partial charge in [-0.05, 0) is 42.5 Å². The van der Waals surface area contributed by atoms with Gasteiger partial charge < -0.3 is 31.7 Å². The molecule has 3 aromatic rings. The quantitative estimate of drug-likeness (QED) is 0.358. The van der Waals surface area contributed by atoms with E-state index in [0.717, 1.165) is 17.5 Å². The Kier molecular flexibility index (Phi) is 6.83. The van der Waals surface area contributed by atoms with Gasteiger partial charge in [0.15, 0.2) is 11.6 Å². The Bertz CT molecular complexity index is 1200. The molecule has 6 N–H and O–H groups in total. The molecule has 0 fully saturated rings. The van der Waals surface area contributed by atoms with Crippen LogP contribution in [0, 0.1) is 5.82 Å². The van der Waals surface area contributed by atoms with Crippen molar-refractivity contribution in [3.8, 4) is 5.75 Å². The molecule has 2 amide bonds. The monoisotopic (exact) mass is 465 g/mol. The van der Waals surface area contributed by atoms with Crippen molar-refractivity contribution in [3.63, 3.8) is 0 Å². The standard InChI is InChI=1S/C23H24FN7O3/c1-26-20(32)12-27-22(33)13-2-4-14(5-3-13)30-23-28-11-17(24)21(31-23)29-15-6-7-19-16(10-15)18(25)8-9-34-19/h2-7,10-11,18H,8-9,12,25H2,1H3,(H,26,32)(H,27,33)(H2,28,29,30,31). The maximum Gasteiger partial charge on any atom is 0.251 e. The highest BCUT2D eigenvalue weighted by Crippen LogP contribution is 2.33. The Morgan fingerprint density at radius 3 is 2.68 bits per heavy atom. The van der Waals surface area contributed by atoms with Crippen molar-refractivity contribution in [3.05, 3.63) is 65.6 Å². The fourth-order valence-electron chi connectivity index (χ4n) is 3.34. The van der Waals surface area contributed by atoms with Crippen molar-refractivity contribution in [1.29, 1.82) is 0 Å². The van der Waals surface area contributed by atoms with Crippen molar-refractivity contribution >= 4 is 35.0 Å². The van der Waals surface area contributed by atoms with Crippen LogP contribution in [0.1, 0.15) is 28.4 Å². The number of carbonyl (C=O) groups is 2. The molecule has 0 aliphatic carbocycles. The lowest BCUT2D eigenvalue weighted by molar-refractivity contribution is -0.119. The molecular weight excluding hydrogens is 441 g/mol. The third kappa shape index (κ3) is 5.38. The van der Waals surface area contributed by atoms with Crippen LogP contribution in [-0.2, 0) is 4.79 Å². The SMILES string of the molecule is CNC(=O)CNC(=O)c1ccc(Nc2ncc(F)c(Nc3ccc4c(c3)C(N)CCO4)n2)cc1. The zero-order valence-corrected chi connectivity index (χ0v) is 18.4. The van der Waals surface area contributed by atoms with Crippen LogP contribution in [0.4, 0.5) is 27.5 Å². The fourth-order valence-corrected chi connectivity index (χ4v) is 3.34. The zero-order chi connectivity index (χ0) is 24.1. The summed E-state index contributed by atoms with van der Waals surface area (Å²) >= 11 is 0. The first-order valence-electron chi connectivity index (χ1n) is 10.6. The number of halogens is 1. The van der Waals surface area contributed by atoms with Gasteiger partial charge in [0.25, 0.3) is 5.91 Å². The lowest BCUT2D eigenvalue weighted by atomic mass is 10.0. The molecule has 4 rings (SSSR count). The van der Waals surface area contributed by atoms with Crippen molar-refractivity contribution < 1.29 is 18.7 Å². The molecule has 2 aromatic carbocycles. The molecule has 0 bridgehead atoms. The van der Waals surface area contributed by atoms with Gasteiger partial charge in [0.05, 0.1) is 19.3 Å². The second-order valence-corrected chi connectivity index (χ2v) is 7.57. The minimum Gasteiger partial charge on any atom is -0.493 e. The predicted octanol–water partition coefficient (Wildman–Crippen LogP) is 2.36. The number of benzene rings is 2. The maximum atomic E-state index is 14.4. The summed E-state index contributed by atoms with van der Waals surface area (Å²) in [6.07, 6.45) is 1.77. The summed E-state index contributed by atoms with van der Waals surface area (Å²) in [6.45, 7) is 0.454. The average molecular weight is 465 g/mol. The van der Waals surface area contributed by atoms with E-state index in [1.54, 1.807) is 36.4 Å². The molecule has 0 saturated heterocycles. The van der Waals surface area contributed by atoms with E-state index in [4.69, 9.17) is 10.5 Å². The summed E-state index contributed by atoms with van der Waals surface area (Å²) in [6, 6.07) is 11.7. The van der Waals surface area contributed by atoms with Crippen molar-refractivity contribution in [1.82, 2.24) is 20.6 Å². The molecule has 1 aromatic heterocycles. The molecule has 2 heterocycles. The second kappa shape index (κ2) is 10.1. The largest absolute Gasteiger partial charge is 0.493 e. The molecular formula is C23H24FN7O3. The van der Waals surface area contributed by atoms with Crippen molar-refractivity contribution in [2.24, 2.45) is 5.73 Å². The molecule has 1 atom stereocenters. The summed E-state index contributed by atoms with van der Waals surface area (Å²) in [4.78, 5) is 31.5. The number of aromatic nitrogens is 2. The molecule has 0 spiro atoms. The van der Waals surface area contributed by atoms with E-state index < -0.39 is 5.82 Å². The van der Waals surface area contributed by atoms with Crippen LogP contribution in [0.15, 0.2) is 48.7 Å². The first-order chi connectivity index (χ1) is 16.4. The predicted molar refractivity (Wildman–Crippen MR) is 125 cm³/mol. The number of ether oxygens (including phenoxy) is 1. The van der Waals surface area contributed by atoms with Gasteiger partial charge in [-0.3, -0.25) is 9.59 Å². The zero-order valence-electron chi connectivity index (χ0n) is 18.4. The number of nitrogens with two attached hydrogens (primary N) is 1. The highest BCUT2D eigenvalue weighted by molar-refractivity contribution is 5.96. The number of likely N-dealkylation sites (N-methyl/N-ethyl adjacent to an activating group) is 1. The molecule has 1 unspecified atom stereocenters. The van der Waals surface area contributed by atoms with Gasteiger partial charge in [0.1, 0.15) is 5.75 Å². The number of hydrogen-bond donors (Lipinski definition) is 5. The van der Waals surface area contributed by atoms with Gasteiger partial charge in [-0.25, -0.2) is 9.37 Å². The Balaban J connectivity index is 1.44. The summed E-state index contributed by atoms with van der Waals surface area (Å²) in [5.74, 6) is -0.412. The summed E-state index contributed by atoms with van der Waals surface area (Å²) < 4.78 is 20.0. The van der Waals surface area contributed by atoms with E-state index in [1.807, 2.05) is 6.07 Å². The minimum absolute atomic E-state index is 0.00653. The van der Waals surface area contributed by atoms with E-state index in [-0.39, 0.29) is 36.2 Å². The third-order valence-corrected chi connectivity index (χ3v) is 5.19. The highest BCUT2D eigenvalue weighted by Gasteiger charge is 2.19. The van der Waals surface area contributed by atoms with Crippen molar-refractivity contribution in [2.45, 2.75) is 12.5 Å². The number of amides is 2. The number of nitrogens with zero attached hydrogens (tertiary/aromatic N) is 2. The van der Waals surface area contributed by atoms with Crippen LogP contribution < -0.4 is 31.7 Å². The summed E-state index contributed by atoms with van der Waals surface area (Å²) in [5, 5.41) is 10.9. The first-order valence-corrected chi connectivity index (χ1v) is 10.6. The minimum atomic E-state index is -0.619. The van der Waals surface area contributed by atoms with E-state index in [1.165, 1.54) is 7.05 Å². The molecule has 176 valence electrons. The van der Waals surface area contributed by atoms with E-state index in [2.05, 4.69) is 31.2 Å². The van der Waals surface area contributed by atoms with Crippen LogP contribution in [0.3, 0.4) is 0 Å². The van der Waals surface area contributed by atoms with Gasteiger partial charge >= 0.3 is 0 Å². The van der Waals surface area contributed by atoms with Crippen LogP contribution >= 0.6 is 0 Å². The van der Waals surface area contributed by atoms with E-state index in [9.17, 15) is 14.0 Å². The molecule has 10 nitrogen and oxygen atoms in total. The van der Waals surface area contributed by atoms with Crippen molar-refractivity contribution in [2.75, 3.05) is 30.8 Å². The fraction of sp³-hybridized carbons (Fsp3) is 0.217. The molecule has 0 radical (unpaired) electrons. The van der Waals surface area contributed by atoms with Gasteiger partial charge in [0, 0.05) is 42.0 Å². The van der Waals surface area contributed by atoms with Crippen LogP contribution in [-0.4, -0.2) is 42.0 Å². The second-order valence-electron chi connectivity index (χ2n) is 7.57. The molecule has 1 aliphatic rings. The molecule has 1 aliphatic heterocycles. The Hall–Kier alpha value is -4.25. The maximum absolute atomic E-state index is 14.4. The highest BCUT2D eigenvalue weighted by atomic mass is 19.1. The lowest BCUT2D eigenvalue weighted by Gasteiger charge is -2.23. The lowest BCUT2D eigenvalue weighted by Crippen LogP contribution is -2.35. The van der Waals surface area contributed by atoms with Gasteiger partial charge in [-0.15, -0.1) is 0 Å². The number of rotatable bonds is 7. The molecule has 11 heteroatoms. The number of carbonyl (C=O) groups excluding carboxylic acids is 2. The Morgan fingerprint density at radius 1 is 1.15 bits per heavy atom. The average Bonchev–Trinajstić information content (AvgIpc) is 2.85. The van der Waals surface area contributed by atoms with Crippen LogP contribution in [0.25, 0.3) is 0 Å². The number of anilines is 4. The van der Waals surface area contributed by atoms with E-state index >= 15 is 0 Å². The number of fused-ring (bicyclic) bond motifs is 1. The normalized spacial score (nSPS) is 14.4. The number of hydrogen-bond acceptors (Lipinski definition) is 8. The first kappa shape index (κ1) is 22.9. The molecule has 34 heavy (non-hydrogen) atoms. The molecule has 0 saturated carbocycles. The summed E-state index contributed by atoms with van der Waals surface area (Å²) in [7, 11) is 1.49. The number of nitrogens with one attached hydrogen (secondary N) is 4. The van der Waals surface area contributed by atoms with Crippen LogP contribution in [0.5, 0.6) is 5.75 Å². The third-order valence-electron chi connectivity index (χ3n) is 5.19. The summed E-state index contributed by atoms with van der Waals surface area (Å²) in [5.41, 5.74) is 8.60. The van der Waals surface area contributed by atoms with Gasteiger partial charge in [-0.1, -0.05) is 0 Å². The Labute approximate surface area is 195 Å².